The third-order valence-corrected chi connectivity index (χ3v) is 2.45. The van der Waals surface area contributed by atoms with Crippen LogP contribution in [0.1, 0.15) is 6.92 Å². The number of anilines is 1. The van der Waals surface area contributed by atoms with Crippen LogP contribution in [-0.4, -0.2) is 32.2 Å². The number of benzene rings is 1. The zero-order valence-electron chi connectivity index (χ0n) is 9.46. The monoisotopic (exact) mass is 245 g/mol. The van der Waals surface area contributed by atoms with E-state index in [2.05, 4.69) is 11.8 Å². The van der Waals surface area contributed by atoms with Crippen molar-refractivity contribution < 1.29 is 9.13 Å². The highest BCUT2D eigenvalue weighted by Crippen LogP contribution is 2.13. The summed E-state index contributed by atoms with van der Waals surface area (Å²) < 4.78 is 18.1. The minimum atomic E-state index is -0.210. The molecule has 0 unspecified atom stereocenters. The molecule has 0 amide bonds. The van der Waals surface area contributed by atoms with Crippen molar-refractivity contribution in [2.24, 2.45) is 0 Å². The van der Waals surface area contributed by atoms with Gasteiger partial charge in [0.2, 0.25) is 0 Å². The number of hydrogen-bond donors (Lipinski definition) is 0. The van der Waals surface area contributed by atoms with Gasteiger partial charge in [-0.3, -0.25) is 0 Å². The summed E-state index contributed by atoms with van der Waals surface area (Å²) in [6.07, 6.45) is 0. The van der Waals surface area contributed by atoms with E-state index in [-0.39, 0.29) is 5.82 Å². The summed E-state index contributed by atoms with van der Waals surface area (Å²) >= 11 is 5.50. The predicted molar refractivity (Wildman–Crippen MR) is 65.8 cm³/mol. The maximum Gasteiger partial charge on any atom is 0.123 e. The van der Waals surface area contributed by atoms with E-state index in [0.29, 0.717) is 19.1 Å². The molecule has 0 radical (unpaired) electrons. The van der Waals surface area contributed by atoms with Crippen LogP contribution in [0.15, 0.2) is 24.3 Å². The van der Waals surface area contributed by atoms with E-state index < -0.39 is 0 Å². The Bertz CT molecular complexity index is 292. The number of likely N-dealkylation sites (N-methyl/N-ethyl adjacent to an activating group) is 1. The Kier molecular flexibility index (Phi) is 6.19. The van der Waals surface area contributed by atoms with Crippen LogP contribution in [0.2, 0.25) is 0 Å². The van der Waals surface area contributed by atoms with E-state index in [1.54, 1.807) is 12.1 Å². The maximum atomic E-state index is 12.7. The van der Waals surface area contributed by atoms with Gasteiger partial charge >= 0.3 is 0 Å². The average Bonchev–Trinajstić information content (AvgIpc) is 2.31. The summed E-state index contributed by atoms with van der Waals surface area (Å²) in [5, 5.41) is 0. The number of hydrogen-bond acceptors (Lipinski definition) is 2. The highest BCUT2D eigenvalue weighted by atomic mass is 35.5. The van der Waals surface area contributed by atoms with Crippen molar-refractivity contribution in [1.82, 2.24) is 0 Å². The summed E-state index contributed by atoms with van der Waals surface area (Å²) in [5.41, 5.74) is 1.01. The number of alkyl halides is 1. The quantitative estimate of drug-likeness (QED) is 0.541. The standard InChI is InChI=1S/C12H17ClFNO/c1-2-15(8-10-16-9-7-13)12-5-3-11(14)4-6-12/h3-6H,2,7-10H2,1H3. The lowest BCUT2D eigenvalue weighted by atomic mass is 10.3. The second-order valence-electron chi connectivity index (χ2n) is 3.36. The van der Waals surface area contributed by atoms with Gasteiger partial charge < -0.3 is 9.64 Å². The van der Waals surface area contributed by atoms with Gasteiger partial charge in [0.05, 0.1) is 13.2 Å². The fourth-order valence-corrected chi connectivity index (χ4v) is 1.56. The largest absolute Gasteiger partial charge is 0.378 e. The molecule has 4 heteroatoms. The summed E-state index contributed by atoms with van der Waals surface area (Å²) in [6, 6.07) is 6.50. The van der Waals surface area contributed by atoms with E-state index in [9.17, 15) is 4.39 Å². The van der Waals surface area contributed by atoms with Crippen LogP contribution in [0.3, 0.4) is 0 Å². The van der Waals surface area contributed by atoms with Gasteiger partial charge in [-0.15, -0.1) is 11.6 Å². The Morgan fingerprint density at radius 3 is 2.50 bits per heavy atom. The predicted octanol–water partition coefficient (Wildman–Crippen LogP) is 2.91. The molecule has 2 nitrogen and oxygen atoms in total. The van der Waals surface area contributed by atoms with Gasteiger partial charge in [-0.2, -0.15) is 0 Å². The molecule has 1 aromatic rings. The Hall–Kier alpha value is -0.800. The van der Waals surface area contributed by atoms with E-state index in [1.165, 1.54) is 12.1 Å². The molecule has 1 rings (SSSR count). The Morgan fingerprint density at radius 2 is 1.94 bits per heavy atom. The average molecular weight is 246 g/mol. The SMILES string of the molecule is CCN(CCOCCCl)c1ccc(F)cc1. The van der Waals surface area contributed by atoms with Crippen LogP contribution < -0.4 is 4.90 Å². The van der Waals surface area contributed by atoms with Crippen molar-refractivity contribution in [3.8, 4) is 0 Å². The Labute approximate surface area is 101 Å². The van der Waals surface area contributed by atoms with Crippen LogP contribution in [-0.2, 0) is 4.74 Å². The van der Waals surface area contributed by atoms with Crippen molar-refractivity contribution >= 4 is 17.3 Å². The first-order valence-corrected chi connectivity index (χ1v) is 5.95. The first-order valence-electron chi connectivity index (χ1n) is 5.42. The van der Waals surface area contributed by atoms with Gasteiger partial charge in [-0.05, 0) is 31.2 Å². The lowest BCUT2D eigenvalue weighted by molar-refractivity contribution is 0.156. The first-order chi connectivity index (χ1) is 7.77. The van der Waals surface area contributed by atoms with Crippen LogP contribution >= 0.6 is 11.6 Å². The van der Waals surface area contributed by atoms with E-state index in [0.717, 1.165) is 18.8 Å². The van der Waals surface area contributed by atoms with E-state index >= 15 is 0 Å². The molecule has 16 heavy (non-hydrogen) atoms. The van der Waals surface area contributed by atoms with E-state index in [1.807, 2.05) is 0 Å². The molecule has 0 heterocycles. The second kappa shape index (κ2) is 7.47. The van der Waals surface area contributed by atoms with Crippen molar-refractivity contribution in [2.45, 2.75) is 6.92 Å². The van der Waals surface area contributed by atoms with Crippen LogP contribution in [0.25, 0.3) is 0 Å². The molecule has 0 aliphatic carbocycles. The summed E-state index contributed by atoms with van der Waals surface area (Å²) in [6.45, 7) is 4.93. The Morgan fingerprint density at radius 1 is 1.25 bits per heavy atom. The van der Waals surface area contributed by atoms with Crippen LogP contribution in [0, 0.1) is 5.82 Å². The smallest absolute Gasteiger partial charge is 0.123 e. The molecule has 0 spiro atoms. The van der Waals surface area contributed by atoms with Gasteiger partial charge in [-0.25, -0.2) is 4.39 Å². The lowest BCUT2D eigenvalue weighted by Crippen LogP contribution is -2.27. The molecule has 0 fully saturated rings. The minimum absolute atomic E-state index is 0.210. The highest BCUT2D eigenvalue weighted by Gasteiger charge is 2.03. The van der Waals surface area contributed by atoms with Crippen LogP contribution in [0.4, 0.5) is 10.1 Å². The van der Waals surface area contributed by atoms with Crippen molar-refractivity contribution in [3.63, 3.8) is 0 Å². The summed E-state index contributed by atoms with van der Waals surface area (Å²) in [5.74, 6) is 0.307. The molecule has 0 aliphatic rings. The van der Waals surface area contributed by atoms with Crippen molar-refractivity contribution in [2.75, 3.05) is 37.1 Å². The number of ether oxygens (including phenoxy) is 1. The molecule has 0 saturated carbocycles. The molecule has 90 valence electrons. The zero-order valence-corrected chi connectivity index (χ0v) is 10.2. The Balaban J connectivity index is 2.44. The fourth-order valence-electron chi connectivity index (χ4n) is 1.45. The molecular formula is C12H17ClFNO. The normalized spacial score (nSPS) is 10.4. The maximum absolute atomic E-state index is 12.7. The highest BCUT2D eigenvalue weighted by molar-refractivity contribution is 6.17. The lowest BCUT2D eigenvalue weighted by Gasteiger charge is -2.22. The first kappa shape index (κ1) is 13.3. The van der Waals surface area contributed by atoms with Gasteiger partial charge in [-0.1, -0.05) is 0 Å². The summed E-state index contributed by atoms with van der Waals surface area (Å²) in [7, 11) is 0. The van der Waals surface area contributed by atoms with Gasteiger partial charge in [0, 0.05) is 24.7 Å². The number of nitrogens with zero attached hydrogens (tertiary/aromatic N) is 1. The van der Waals surface area contributed by atoms with Crippen molar-refractivity contribution in [1.29, 1.82) is 0 Å². The van der Waals surface area contributed by atoms with Crippen molar-refractivity contribution in [3.05, 3.63) is 30.1 Å². The molecule has 0 bridgehead atoms. The third-order valence-electron chi connectivity index (χ3n) is 2.30. The number of halogens is 2. The van der Waals surface area contributed by atoms with Gasteiger partial charge in [0.1, 0.15) is 5.82 Å². The molecule has 0 saturated heterocycles. The third kappa shape index (κ3) is 4.37. The van der Waals surface area contributed by atoms with E-state index in [4.69, 9.17) is 16.3 Å². The zero-order chi connectivity index (χ0) is 11.8. The molecular weight excluding hydrogens is 229 g/mol. The molecule has 0 N–H and O–H groups in total. The minimum Gasteiger partial charge on any atom is -0.378 e. The topological polar surface area (TPSA) is 12.5 Å². The van der Waals surface area contributed by atoms with Crippen LogP contribution in [0.5, 0.6) is 0 Å². The number of rotatable bonds is 7. The molecule has 0 aliphatic heterocycles. The second-order valence-corrected chi connectivity index (χ2v) is 3.74. The molecule has 0 atom stereocenters. The molecule has 0 aromatic heterocycles. The fraction of sp³-hybridized carbons (Fsp3) is 0.500. The van der Waals surface area contributed by atoms with Gasteiger partial charge in [0.25, 0.3) is 0 Å². The van der Waals surface area contributed by atoms with Gasteiger partial charge in [0.15, 0.2) is 0 Å². The summed E-state index contributed by atoms with van der Waals surface area (Å²) in [4.78, 5) is 2.13. The molecule has 1 aromatic carbocycles.